The van der Waals surface area contributed by atoms with Crippen molar-refractivity contribution >= 4 is 17.5 Å². The molecule has 1 fully saturated rings. The van der Waals surface area contributed by atoms with Crippen molar-refractivity contribution in [2.45, 2.75) is 31.7 Å². The molecule has 116 valence electrons. The van der Waals surface area contributed by atoms with Crippen molar-refractivity contribution in [2.24, 2.45) is 0 Å². The average Bonchev–Trinajstić information content (AvgIpc) is 2.95. The Hall–Kier alpha value is -1.13. The molecule has 1 aromatic rings. The maximum Gasteiger partial charge on any atom is 0.257 e. The van der Waals surface area contributed by atoms with Gasteiger partial charge in [0.05, 0.1) is 5.56 Å². The van der Waals surface area contributed by atoms with E-state index in [9.17, 15) is 9.18 Å². The van der Waals surface area contributed by atoms with Gasteiger partial charge in [0.25, 0.3) is 5.91 Å². The van der Waals surface area contributed by atoms with Crippen molar-refractivity contribution in [2.75, 3.05) is 27.2 Å². The van der Waals surface area contributed by atoms with Crippen LogP contribution in [0.3, 0.4) is 0 Å². The molecule has 0 unspecified atom stereocenters. The molecule has 0 aliphatic heterocycles. The summed E-state index contributed by atoms with van der Waals surface area (Å²) < 4.78 is 13.9. The highest BCUT2D eigenvalue weighted by Gasteiger charge is 2.28. The SMILES string of the molecule is CN(C)CCN(C(=O)c1cc(Cl)ccc1F)C1CCCC1. The number of benzene rings is 1. The summed E-state index contributed by atoms with van der Waals surface area (Å²) >= 11 is 5.91. The predicted molar refractivity (Wildman–Crippen MR) is 83.3 cm³/mol. The molecule has 1 amide bonds. The molecule has 1 saturated carbocycles. The summed E-state index contributed by atoms with van der Waals surface area (Å²) in [6.45, 7) is 1.38. The summed E-state index contributed by atoms with van der Waals surface area (Å²) in [5.41, 5.74) is 0.0770. The lowest BCUT2D eigenvalue weighted by Gasteiger charge is -2.30. The van der Waals surface area contributed by atoms with Crippen molar-refractivity contribution in [1.29, 1.82) is 0 Å². The molecule has 0 atom stereocenters. The van der Waals surface area contributed by atoms with Gasteiger partial charge in [-0.2, -0.15) is 0 Å². The van der Waals surface area contributed by atoms with Gasteiger partial charge in [-0.15, -0.1) is 0 Å². The topological polar surface area (TPSA) is 23.6 Å². The Morgan fingerprint density at radius 3 is 2.57 bits per heavy atom. The van der Waals surface area contributed by atoms with Crippen LogP contribution in [0.1, 0.15) is 36.0 Å². The second-order valence-electron chi connectivity index (χ2n) is 5.86. The first kappa shape index (κ1) is 16.2. The zero-order valence-corrected chi connectivity index (χ0v) is 13.4. The van der Waals surface area contributed by atoms with Crippen LogP contribution in [-0.4, -0.2) is 48.9 Å². The number of carbonyl (C=O) groups is 1. The Kier molecular flexibility index (Phi) is 5.59. The first-order valence-electron chi connectivity index (χ1n) is 7.40. The number of amides is 1. The van der Waals surface area contributed by atoms with Crippen molar-refractivity contribution in [3.05, 3.63) is 34.6 Å². The number of hydrogen-bond acceptors (Lipinski definition) is 2. The van der Waals surface area contributed by atoms with Gasteiger partial charge in [0, 0.05) is 24.2 Å². The average molecular weight is 313 g/mol. The maximum atomic E-state index is 13.9. The van der Waals surface area contributed by atoms with E-state index in [1.54, 1.807) is 0 Å². The predicted octanol–water partition coefficient (Wildman–Crippen LogP) is 3.43. The van der Waals surface area contributed by atoms with E-state index in [2.05, 4.69) is 0 Å². The van der Waals surface area contributed by atoms with E-state index in [1.807, 2.05) is 23.9 Å². The first-order chi connectivity index (χ1) is 9.99. The number of halogens is 2. The molecule has 1 aromatic carbocycles. The molecule has 1 aliphatic carbocycles. The van der Waals surface area contributed by atoms with Crippen LogP contribution in [0, 0.1) is 5.82 Å². The van der Waals surface area contributed by atoms with E-state index in [1.165, 1.54) is 18.2 Å². The highest BCUT2D eigenvalue weighted by Crippen LogP contribution is 2.26. The van der Waals surface area contributed by atoms with E-state index in [4.69, 9.17) is 11.6 Å². The van der Waals surface area contributed by atoms with Crippen LogP contribution in [0.2, 0.25) is 5.02 Å². The van der Waals surface area contributed by atoms with Gasteiger partial charge in [-0.1, -0.05) is 24.4 Å². The van der Waals surface area contributed by atoms with Gasteiger partial charge in [0.2, 0.25) is 0 Å². The third kappa shape index (κ3) is 4.17. The van der Waals surface area contributed by atoms with Gasteiger partial charge in [0.15, 0.2) is 0 Å². The Labute approximate surface area is 130 Å². The number of nitrogens with zero attached hydrogens (tertiary/aromatic N) is 2. The molecular formula is C16H22ClFN2O. The van der Waals surface area contributed by atoms with Crippen LogP contribution < -0.4 is 0 Å². The molecule has 21 heavy (non-hydrogen) atoms. The van der Waals surface area contributed by atoms with Crippen LogP contribution in [-0.2, 0) is 0 Å². The summed E-state index contributed by atoms with van der Waals surface area (Å²) in [7, 11) is 3.94. The van der Waals surface area contributed by atoms with Crippen molar-refractivity contribution in [3.63, 3.8) is 0 Å². The lowest BCUT2D eigenvalue weighted by Crippen LogP contribution is -2.43. The van der Waals surface area contributed by atoms with Gasteiger partial charge in [-0.05, 0) is 45.1 Å². The molecule has 0 saturated heterocycles. The fourth-order valence-electron chi connectivity index (χ4n) is 2.79. The van der Waals surface area contributed by atoms with Gasteiger partial charge in [-0.3, -0.25) is 4.79 Å². The number of likely N-dealkylation sites (N-methyl/N-ethyl adjacent to an activating group) is 1. The third-order valence-electron chi connectivity index (χ3n) is 3.97. The Morgan fingerprint density at radius 2 is 1.95 bits per heavy atom. The second kappa shape index (κ2) is 7.23. The molecule has 0 aromatic heterocycles. The van der Waals surface area contributed by atoms with Crippen LogP contribution >= 0.6 is 11.6 Å². The lowest BCUT2D eigenvalue weighted by molar-refractivity contribution is 0.0663. The fourth-order valence-corrected chi connectivity index (χ4v) is 2.96. The van der Waals surface area contributed by atoms with Gasteiger partial charge in [0.1, 0.15) is 5.82 Å². The Morgan fingerprint density at radius 1 is 1.29 bits per heavy atom. The molecule has 0 N–H and O–H groups in total. The Bertz CT molecular complexity index is 501. The van der Waals surface area contributed by atoms with E-state index in [0.29, 0.717) is 11.6 Å². The first-order valence-corrected chi connectivity index (χ1v) is 7.77. The van der Waals surface area contributed by atoms with E-state index < -0.39 is 5.82 Å². The van der Waals surface area contributed by atoms with Gasteiger partial charge < -0.3 is 9.80 Å². The lowest BCUT2D eigenvalue weighted by atomic mass is 10.1. The van der Waals surface area contributed by atoms with Crippen molar-refractivity contribution < 1.29 is 9.18 Å². The van der Waals surface area contributed by atoms with Crippen molar-refractivity contribution in [1.82, 2.24) is 9.80 Å². The monoisotopic (exact) mass is 312 g/mol. The number of carbonyl (C=O) groups excluding carboxylic acids is 1. The normalized spacial score (nSPS) is 15.7. The summed E-state index contributed by atoms with van der Waals surface area (Å²) in [5, 5.41) is 0.388. The molecule has 0 heterocycles. The highest BCUT2D eigenvalue weighted by atomic mass is 35.5. The third-order valence-corrected chi connectivity index (χ3v) is 4.21. The van der Waals surface area contributed by atoms with Crippen LogP contribution in [0.4, 0.5) is 4.39 Å². The number of hydrogen-bond donors (Lipinski definition) is 0. The molecule has 0 spiro atoms. The molecule has 3 nitrogen and oxygen atoms in total. The smallest absolute Gasteiger partial charge is 0.257 e. The minimum Gasteiger partial charge on any atom is -0.334 e. The Balaban J connectivity index is 2.21. The largest absolute Gasteiger partial charge is 0.334 e. The molecule has 0 radical (unpaired) electrons. The van der Waals surface area contributed by atoms with Crippen LogP contribution in [0.15, 0.2) is 18.2 Å². The van der Waals surface area contributed by atoms with Crippen molar-refractivity contribution in [3.8, 4) is 0 Å². The molecule has 1 aliphatic rings. The maximum absolute atomic E-state index is 13.9. The standard InChI is InChI=1S/C16H22ClFN2O/c1-19(2)9-10-20(13-5-3-4-6-13)16(21)14-11-12(17)7-8-15(14)18/h7-8,11,13H,3-6,9-10H2,1-2H3. The molecule has 2 rings (SSSR count). The van der Waals surface area contributed by atoms with Crippen LogP contribution in [0.25, 0.3) is 0 Å². The van der Waals surface area contributed by atoms with Gasteiger partial charge >= 0.3 is 0 Å². The van der Waals surface area contributed by atoms with E-state index in [0.717, 1.165) is 32.2 Å². The highest BCUT2D eigenvalue weighted by molar-refractivity contribution is 6.31. The van der Waals surface area contributed by atoms with Gasteiger partial charge in [-0.25, -0.2) is 4.39 Å². The minimum atomic E-state index is -0.503. The van der Waals surface area contributed by atoms with E-state index >= 15 is 0 Å². The number of rotatable bonds is 5. The summed E-state index contributed by atoms with van der Waals surface area (Å²) in [5.74, 6) is -0.749. The van der Waals surface area contributed by atoms with E-state index in [-0.39, 0.29) is 17.5 Å². The fraction of sp³-hybridized carbons (Fsp3) is 0.562. The zero-order valence-electron chi connectivity index (χ0n) is 12.6. The summed E-state index contributed by atoms with van der Waals surface area (Å²) in [4.78, 5) is 16.6. The quantitative estimate of drug-likeness (QED) is 0.831. The zero-order chi connectivity index (χ0) is 15.4. The molecule has 5 heteroatoms. The molecular weight excluding hydrogens is 291 g/mol. The minimum absolute atomic E-state index is 0.0770. The molecule has 0 bridgehead atoms. The van der Waals surface area contributed by atoms with Crippen LogP contribution in [0.5, 0.6) is 0 Å². The summed E-state index contributed by atoms with van der Waals surface area (Å²) in [6, 6.07) is 4.37. The summed E-state index contributed by atoms with van der Waals surface area (Å²) in [6.07, 6.45) is 4.27. The second-order valence-corrected chi connectivity index (χ2v) is 6.30.